The molecule has 5 heteroatoms. The summed E-state index contributed by atoms with van der Waals surface area (Å²) < 4.78 is 1.37. The summed E-state index contributed by atoms with van der Waals surface area (Å²) >= 11 is 22.3. The molecule has 0 aliphatic heterocycles. The van der Waals surface area contributed by atoms with Crippen LogP contribution in [0.1, 0.15) is 5.56 Å². The Bertz CT molecular complexity index is 979. The summed E-state index contributed by atoms with van der Waals surface area (Å²) in [5, 5.41) is 3.35. The molecule has 0 bridgehead atoms. The molecule has 0 nitrogen and oxygen atoms in total. The molecule has 3 aromatic carbocycles. The van der Waals surface area contributed by atoms with Crippen LogP contribution in [-0.4, -0.2) is 0 Å². The van der Waals surface area contributed by atoms with Crippen LogP contribution in [0, 0.1) is 0 Å². The van der Waals surface area contributed by atoms with Crippen LogP contribution in [-0.2, 0) is 6.16 Å². The van der Waals surface area contributed by atoms with E-state index in [0.29, 0.717) is 14.8 Å². The van der Waals surface area contributed by atoms with Crippen LogP contribution in [0.2, 0.25) is 8.67 Å². The Hall–Kier alpha value is -1.34. The first-order valence-electron chi connectivity index (χ1n) is 8.86. The zero-order valence-corrected chi connectivity index (χ0v) is 18.9. The minimum atomic E-state index is -3.36. The van der Waals surface area contributed by atoms with Crippen molar-refractivity contribution in [3.05, 3.63) is 111 Å². The summed E-state index contributed by atoms with van der Waals surface area (Å²) in [6, 6.07) is 33.1. The molecule has 0 fully saturated rings. The summed E-state index contributed by atoms with van der Waals surface area (Å²) in [6.45, 7) is 0. The zero-order chi connectivity index (χ0) is 19.6. The van der Waals surface area contributed by atoms with Crippen LogP contribution < -0.4 is 15.9 Å². The van der Waals surface area contributed by atoms with E-state index in [1.165, 1.54) is 11.3 Å². The van der Waals surface area contributed by atoms with Crippen LogP contribution in [0.3, 0.4) is 0 Å². The fourth-order valence-electron chi connectivity index (χ4n) is 3.74. The Kier molecular flexibility index (Phi) is 5.58. The monoisotopic (exact) mass is 462 g/mol. The minimum absolute atomic E-state index is 0.604. The van der Waals surface area contributed by atoms with Crippen molar-refractivity contribution in [3.63, 3.8) is 0 Å². The number of hydrogen-bond acceptors (Lipinski definition) is 1. The van der Waals surface area contributed by atoms with Crippen LogP contribution in [0.25, 0.3) is 0 Å². The van der Waals surface area contributed by atoms with Gasteiger partial charge in [0.05, 0.1) is 0 Å². The third-order valence-electron chi connectivity index (χ3n) is 5.08. The van der Waals surface area contributed by atoms with Gasteiger partial charge in [-0.15, -0.1) is 0 Å². The molecule has 0 atom stereocenters. The van der Waals surface area contributed by atoms with Gasteiger partial charge in [0.25, 0.3) is 0 Å². The van der Waals surface area contributed by atoms with Gasteiger partial charge >= 0.3 is 185 Å². The average Bonchev–Trinajstić information content (AvgIpc) is 3.06. The first kappa shape index (κ1) is 20.0. The summed E-state index contributed by atoms with van der Waals surface area (Å²) in [4.78, 5) is 0. The molecule has 0 amide bonds. The SMILES string of the molecule is Clc1cc(CP(Cl)(c2ccccc2)(c2ccccc2)c2ccccc2)c(Cl)s1. The van der Waals surface area contributed by atoms with Crippen molar-refractivity contribution in [2.45, 2.75) is 6.16 Å². The molecule has 0 saturated heterocycles. The van der Waals surface area contributed by atoms with Crippen LogP contribution in [0.5, 0.6) is 0 Å². The Balaban J connectivity index is 2.10. The molecule has 1 heterocycles. The van der Waals surface area contributed by atoms with E-state index in [4.69, 9.17) is 34.4 Å². The van der Waals surface area contributed by atoms with Crippen LogP contribution in [0.4, 0.5) is 0 Å². The van der Waals surface area contributed by atoms with E-state index in [9.17, 15) is 0 Å². The predicted molar refractivity (Wildman–Crippen MR) is 129 cm³/mol. The molecule has 0 aliphatic rings. The van der Waals surface area contributed by atoms with Gasteiger partial charge in [0.15, 0.2) is 0 Å². The standard InChI is InChI=1S/C23H18Cl3PS/c24-22-16-18(23(25)28-22)17-27(26,19-10-4-1-5-11-19,20-12-6-2-7-13-20)21-14-8-3-9-15-21/h1-16H,17H2. The molecule has 1 aromatic heterocycles. The van der Waals surface area contributed by atoms with Gasteiger partial charge in [0, 0.05) is 0 Å². The van der Waals surface area contributed by atoms with Gasteiger partial charge in [-0.2, -0.15) is 0 Å². The van der Waals surface area contributed by atoms with Crippen molar-refractivity contribution < 1.29 is 0 Å². The number of halogens is 3. The summed E-state index contributed by atoms with van der Waals surface area (Å²) in [7, 11) is 0. The summed E-state index contributed by atoms with van der Waals surface area (Å²) in [5.41, 5.74) is 0.987. The fraction of sp³-hybridized carbons (Fsp3) is 0.0435. The third-order valence-corrected chi connectivity index (χ3v) is 13.8. The molecular formula is C23H18Cl3PS. The molecular weight excluding hydrogens is 446 g/mol. The molecule has 0 spiro atoms. The van der Waals surface area contributed by atoms with Crippen LogP contribution in [0.15, 0.2) is 97.1 Å². The summed E-state index contributed by atoms with van der Waals surface area (Å²) in [6.07, 6.45) is 0.604. The first-order valence-corrected chi connectivity index (χ1v) is 13.8. The van der Waals surface area contributed by atoms with Crippen molar-refractivity contribution in [3.8, 4) is 0 Å². The van der Waals surface area contributed by atoms with E-state index in [0.717, 1.165) is 21.5 Å². The second-order valence-corrected chi connectivity index (χ2v) is 15.5. The Labute approximate surface area is 184 Å². The van der Waals surface area contributed by atoms with Crippen molar-refractivity contribution >= 4 is 67.6 Å². The van der Waals surface area contributed by atoms with Crippen molar-refractivity contribution in [2.24, 2.45) is 0 Å². The Morgan fingerprint density at radius 3 is 1.36 bits per heavy atom. The molecule has 4 aromatic rings. The van der Waals surface area contributed by atoms with Gasteiger partial charge in [0.2, 0.25) is 0 Å². The van der Waals surface area contributed by atoms with Crippen molar-refractivity contribution in [2.75, 3.05) is 0 Å². The number of thiophene rings is 1. The third kappa shape index (κ3) is 3.30. The zero-order valence-electron chi connectivity index (χ0n) is 14.9. The second-order valence-electron chi connectivity index (χ2n) is 6.70. The van der Waals surface area contributed by atoms with Crippen molar-refractivity contribution in [1.29, 1.82) is 0 Å². The van der Waals surface area contributed by atoms with Gasteiger partial charge < -0.3 is 0 Å². The molecule has 0 unspecified atom stereocenters. The fourth-order valence-corrected chi connectivity index (χ4v) is 11.5. The maximum absolute atomic E-state index is 8.02. The predicted octanol–water partition coefficient (Wildman–Crippen LogP) is 7.24. The number of rotatable bonds is 5. The average molecular weight is 464 g/mol. The normalized spacial score (nSPS) is 13.0. The molecule has 0 aliphatic carbocycles. The van der Waals surface area contributed by atoms with Gasteiger partial charge in [-0.25, -0.2) is 0 Å². The van der Waals surface area contributed by atoms with E-state index in [1.807, 2.05) is 60.7 Å². The first-order chi connectivity index (χ1) is 13.5. The van der Waals surface area contributed by atoms with Crippen LogP contribution >= 0.6 is 51.7 Å². The Morgan fingerprint density at radius 1 is 0.643 bits per heavy atom. The van der Waals surface area contributed by atoms with E-state index in [1.54, 1.807) is 0 Å². The summed E-state index contributed by atoms with van der Waals surface area (Å²) in [5.74, 6) is -3.36. The van der Waals surface area contributed by atoms with Gasteiger partial charge in [-0.1, -0.05) is 0 Å². The topological polar surface area (TPSA) is 0 Å². The van der Waals surface area contributed by atoms with E-state index in [-0.39, 0.29) is 0 Å². The van der Waals surface area contributed by atoms with E-state index >= 15 is 0 Å². The molecule has 4 rings (SSSR count). The van der Waals surface area contributed by atoms with Gasteiger partial charge in [-0.05, 0) is 0 Å². The molecule has 0 radical (unpaired) electrons. The molecule has 0 N–H and O–H groups in total. The maximum atomic E-state index is 8.02. The number of benzene rings is 3. The Morgan fingerprint density at radius 2 is 1.04 bits per heavy atom. The number of hydrogen-bond donors (Lipinski definition) is 0. The molecule has 0 saturated carbocycles. The van der Waals surface area contributed by atoms with Crippen molar-refractivity contribution in [1.82, 2.24) is 0 Å². The van der Waals surface area contributed by atoms with Gasteiger partial charge in [0.1, 0.15) is 0 Å². The van der Waals surface area contributed by atoms with Gasteiger partial charge in [-0.3, -0.25) is 0 Å². The van der Waals surface area contributed by atoms with E-state index < -0.39 is 5.96 Å². The molecule has 142 valence electrons. The molecule has 28 heavy (non-hydrogen) atoms. The van der Waals surface area contributed by atoms with E-state index in [2.05, 4.69) is 36.4 Å². The second kappa shape index (κ2) is 7.82. The quantitative estimate of drug-likeness (QED) is 0.274.